The van der Waals surface area contributed by atoms with Crippen molar-refractivity contribution in [1.29, 1.82) is 0 Å². The van der Waals surface area contributed by atoms with Crippen molar-refractivity contribution in [3.8, 4) is 0 Å². The monoisotopic (exact) mass is 444 g/mol. The van der Waals surface area contributed by atoms with E-state index in [0.717, 1.165) is 6.67 Å². The molecule has 0 aromatic heterocycles. The summed E-state index contributed by atoms with van der Waals surface area (Å²) >= 11 is 0. The second-order valence-electron chi connectivity index (χ2n) is 5.41. The molecule has 0 fully saturated rings. The van der Waals surface area contributed by atoms with Crippen molar-refractivity contribution >= 4 is 24.6 Å². The first-order valence-corrected chi connectivity index (χ1v) is 8.56. The Balaban J connectivity index is -0.000000174. The average Bonchev–Trinajstić information content (AvgIpc) is 2.94. The molecule has 0 atom stereocenters. The van der Waals surface area contributed by atoms with Crippen molar-refractivity contribution in [2.45, 2.75) is 45.4 Å². The van der Waals surface area contributed by atoms with Crippen molar-refractivity contribution in [1.82, 2.24) is 9.80 Å². The molecule has 0 spiro atoms. The summed E-state index contributed by atoms with van der Waals surface area (Å²) in [6.07, 6.45) is 5.36. The van der Waals surface area contributed by atoms with Gasteiger partial charge in [0.1, 0.15) is 0 Å². The standard InChI is InChI=1S/C12H24N2.4CH2O3/c1-3-4-5-6-7-8-9-14-11-10-13(2)12-14;4*2-1(3)4/h10-11H,3-9,12H2,1-2H3;4*(H2,2,3,4). The largest absolute Gasteiger partial charge is 0.503 e. The molecule has 0 amide bonds. The van der Waals surface area contributed by atoms with Crippen LogP contribution >= 0.6 is 0 Å². The number of unbranched alkanes of at least 4 members (excludes halogenated alkanes) is 5. The first kappa shape index (κ1) is 34.0. The number of carbonyl (C=O) groups is 4. The maximum absolute atomic E-state index is 8.56. The highest BCUT2D eigenvalue weighted by Gasteiger charge is 2.06. The Morgan fingerprint density at radius 1 is 0.667 bits per heavy atom. The van der Waals surface area contributed by atoms with Gasteiger partial charge in [0.15, 0.2) is 0 Å². The lowest BCUT2D eigenvalue weighted by molar-refractivity contribution is 0.135. The van der Waals surface area contributed by atoms with Gasteiger partial charge in [-0.3, -0.25) is 0 Å². The second-order valence-corrected chi connectivity index (χ2v) is 5.41. The first-order chi connectivity index (χ1) is 13.8. The molecule has 0 radical (unpaired) electrons. The minimum absolute atomic E-state index is 1.08. The maximum Gasteiger partial charge on any atom is 0.503 e. The van der Waals surface area contributed by atoms with Crippen LogP contribution in [0.3, 0.4) is 0 Å². The minimum atomic E-state index is -1.83. The fourth-order valence-corrected chi connectivity index (χ4v) is 1.83. The Morgan fingerprint density at radius 3 is 1.30 bits per heavy atom. The van der Waals surface area contributed by atoms with Crippen LogP contribution in [0.1, 0.15) is 45.4 Å². The summed E-state index contributed by atoms with van der Waals surface area (Å²) in [5.41, 5.74) is 0. The van der Waals surface area contributed by atoms with E-state index in [1.165, 1.54) is 45.1 Å². The molecule has 0 unspecified atom stereocenters. The topological polar surface area (TPSA) is 237 Å². The van der Waals surface area contributed by atoms with Gasteiger partial charge in [-0.05, 0) is 6.42 Å². The normalized spacial score (nSPS) is 10.5. The highest BCUT2D eigenvalue weighted by Crippen LogP contribution is 2.08. The molecule has 1 heterocycles. The molecule has 178 valence electrons. The Labute approximate surface area is 173 Å². The number of hydrogen-bond acceptors (Lipinski definition) is 6. The molecule has 8 N–H and O–H groups in total. The van der Waals surface area contributed by atoms with Crippen molar-refractivity contribution in [2.24, 2.45) is 0 Å². The van der Waals surface area contributed by atoms with E-state index in [2.05, 4.69) is 36.2 Å². The molecule has 0 bridgehead atoms. The summed E-state index contributed by atoms with van der Waals surface area (Å²) in [7, 11) is 2.12. The molecule has 30 heavy (non-hydrogen) atoms. The smallest absolute Gasteiger partial charge is 0.450 e. The van der Waals surface area contributed by atoms with Gasteiger partial charge in [-0.1, -0.05) is 39.0 Å². The summed E-state index contributed by atoms with van der Waals surface area (Å²) in [6, 6.07) is 0. The van der Waals surface area contributed by atoms with Gasteiger partial charge in [-0.25, -0.2) is 19.2 Å². The third-order valence-corrected chi connectivity index (χ3v) is 2.74. The molecule has 1 aliphatic rings. The van der Waals surface area contributed by atoms with Crippen molar-refractivity contribution in [2.75, 3.05) is 20.3 Å². The van der Waals surface area contributed by atoms with Gasteiger partial charge in [0.25, 0.3) is 0 Å². The van der Waals surface area contributed by atoms with E-state index in [1.54, 1.807) is 0 Å². The fourth-order valence-electron chi connectivity index (χ4n) is 1.83. The molecule has 1 aliphatic heterocycles. The SMILES string of the molecule is CCCCCCCCN1C=CN(C)C1.O=C(O)O.O=C(O)O.O=C(O)O.O=C(O)O. The van der Waals surface area contributed by atoms with E-state index in [1.807, 2.05) is 0 Å². The van der Waals surface area contributed by atoms with E-state index in [4.69, 9.17) is 60.0 Å². The molecule has 1 rings (SSSR count). The van der Waals surface area contributed by atoms with E-state index < -0.39 is 24.6 Å². The quantitative estimate of drug-likeness (QED) is 0.260. The van der Waals surface area contributed by atoms with Crippen molar-refractivity contribution < 1.29 is 60.0 Å². The van der Waals surface area contributed by atoms with Gasteiger partial charge >= 0.3 is 24.6 Å². The van der Waals surface area contributed by atoms with Crippen molar-refractivity contribution in [3.05, 3.63) is 12.4 Å². The Hall–Kier alpha value is -3.58. The zero-order chi connectivity index (χ0) is 24.5. The predicted molar refractivity (Wildman–Crippen MR) is 104 cm³/mol. The van der Waals surface area contributed by atoms with Crippen LogP contribution in [0.5, 0.6) is 0 Å². The predicted octanol–water partition coefficient (Wildman–Crippen LogP) is 3.91. The Kier molecular flexibility index (Phi) is 28.8. The Bertz CT molecular complexity index is 421. The highest BCUT2D eigenvalue weighted by atomic mass is 16.6. The van der Waals surface area contributed by atoms with Gasteiger partial charge in [0, 0.05) is 26.0 Å². The van der Waals surface area contributed by atoms with Crippen LogP contribution in [0.4, 0.5) is 19.2 Å². The molecule has 14 nitrogen and oxygen atoms in total. The number of carboxylic acid groups (broad SMARTS) is 8. The molecule has 14 heteroatoms. The number of hydrogen-bond donors (Lipinski definition) is 8. The highest BCUT2D eigenvalue weighted by molar-refractivity contribution is 5.54. The summed E-state index contributed by atoms with van der Waals surface area (Å²) in [4.78, 5) is 38.8. The van der Waals surface area contributed by atoms with E-state index in [0.29, 0.717) is 0 Å². The van der Waals surface area contributed by atoms with Crippen LogP contribution in [0.25, 0.3) is 0 Å². The lowest BCUT2D eigenvalue weighted by Gasteiger charge is -2.17. The van der Waals surface area contributed by atoms with Gasteiger partial charge in [-0.15, -0.1) is 0 Å². The van der Waals surface area contributed by atoms with Crippen LogP contribution in [0.15, 0.2) is 12.4 Å². The van der Waals surface area contributed by atoms with Crippen LogP contribution in [0, 0.1) is 0 Å². The lowest BCUT2D eigenvalue weighted by Crippen LogP contribution is -2.23. The molecule has 0 saturated heterocycles. The number of rotatable bonds is 7. The average molecular weight is 444 g/mol. The van der Waals surface area contributed by atoms with E-state index in [-0.39, 0.29) is 0 Å². The summed E-state index contributed by atoms with van der Waals surface area (Å²) in [6.45, 7) is 4.58. The van der Waals surface area contributed by atoms with Crippen LogP contribution in [-0.2, 0) is 0 Å². The van der Waals surface area contributed by atoms with E-state index >= 15 is 0 Å². The van der Waals surface area contributed by atoms with Crippen molar-refractivity contribution in [3.63, 3.8) is 0 Å². The Morgan fingerprint density at radius 2 is 1.00 bits per heavy atom. The fraction of sp³-hybridized carbons (Fsp3) is 0.625. The molecular formula is C16H32N2O12. The maximum atomic E-state index is 8.56. The van der Waals surface area contributed by atoms with Gasteiger partial charge < -0.3 is 50.7 Å². The lowest BCUT2D eigenvalue weighted by atomic mass is 10.1. The third-order valence-electron chi connectivity index (χ3n) is 2.74. The first-order valence-electron chi connectivity index (χ1n) is 8.56. The van der Waals surface area contributed by atoms with Gasteiger partial charge in [0.05, 0.1) is 6.67 Å². The van der Waals surface area contributed by atoms with E-state index in [9.17, 15) is 0 Å². The minimum Gasteiger partial charge on any atom is -0.450 e. The molecule has 0 saturated carbocycles. The second kappa shape index (κ2) is 25.4. The molecule has 0 aliphatic carbocycles. The molecule has 0 aromatic carbocycles. The van der Waals surface area contributed by atoms with Crippen LogP contribution < -0.4 is 0 Å². The molecule has 0 aromatic rings. The summed E-state index contributed by atoms with van der Waals surface area (Å²) < 4.78 is 0. The zero-order valence-electron chi connectivity index (χ0n) is 16.9. The zero-order valence-corrected chi connectivity index (χ0v) is 16.9. The van der Waals surface area contributed by atoms with Crippen LogP contribution in [-0.4, -0.2) is 95.5 Å². The van der Waals surface area contributed by atoms with Gasteiger partial charge in [-0.2, -0.15) is 0 Å². The molecular weight excluding hydrogens is 412 g/mol. The third kappa shape index (κ3) is 74.4. The summed E-state index contributed by atoms with van der Waals surface area (Å²) in [5.74, 6) is 0. The van der Waals surface area contributed by atoms with Gasteiger partial charge in [0.2, 0.25) is 0 Å². The van der Waals surface area contributed by atoms with Crippen LogP contribution in [0.2, 0.25) is 0 Å². The number of nitrogens with zero attached hydrogens (tertiary/aromatic N) is 2. The summed E-state index contributed by atoms with van der Waals surface area (Å²) in [5, 5.41) is 55.8.